The lowest BCUT2D eigenvalue weighted by atomic mass is 10.1. The third-order valence-corrected chi connectivity index (χ3v) is 4.08. The third kappa shape index (κ3) is 5.74. The molecule has 0 saturated carbocycles. The van der Waals surface area contributed by atoms with Crippen LogP contribution < -0.4 is 9.47 Å². The second-order valence-electron chi connectivity index (χ2n) is 5.84. The minimum Gasteiger partial charge on any atom is -0.493 e. The fraction of sp³-hybridized carbons (Fsp3) is 0.400. The summed E-state index contributed by atoms with van der Waals surface area (Å²) in [7, 11) is 4.93. The minimum atomic E-state index is -0.543. The summed E-state index contributed by atoms with van der Waals surface area (Å²) in [6, 6.07) is 15.6. The van der Waals surface area contributed by atoms with E-state index in [1.165, 1.54) is 0 Å². The number of ether oxygens (including phenoxy) is 3. The van der Waals surface area contributed by atoms with E-state index in [2.05, 4.69) is 4.90 Å². The quantitative estimate of drug-likeness (QED) is 0.718. The highest BCUT2D eigenvalue weighted by molar-refractivity contribution is 5.42. The van der Waals surface area contributed by atoms with E-state index >= 15 is 0 Å². The number of nitrogens with zero attached hydrogens (tertiary/aromatic N) is 1. The molecular formula is C20H27NO4. The fourth-order valence-corrected chi connectivity index (χ4v) is 2.72. The molecule has 0 aliphatic carbocycles. The summed E-state index contributed by atoms with van der Waals surface area (Å²) in [4.78, 5) is 2.17. The second kappa shape index (κ2) is 10.0. The van der Waals surface area contributed by atoms with Crippen molar-refractivity contribution in [3.8, 4) is 11.5 Å². The third-order valence-electron chi connectivity index (χ3n) is 4.08. The number of aliphatic hydroxyl groups is 1. The van der Waals surface area contributed by atoms with Crippen molar-refractivity contribution in [1.82, 2.24) is 4.90 Å². The molecule has 0 amide bonds. The van der Waals surface area contributed by atoms with E-state index in [9.17, 15) is 5.11 Å². The van der Waals surface area contributed by atoms with Crippen LogP contribution >= 0.6 is 0 Å². The molecule has 0 heterocycles. The molecule has 0 radical (unpaired) electrons. The molecule has 0 saturated heterocycles. The predicted molar refractivity (Wildman–Crippen MR) is 98.1 cm³/mol. The average Bonchev–Trinajstić information content (AvgIpc) is 2.66. The van der Waals surface area contributed by atoms with E-state index in [0.717, 1.165) is 17.7 Å². The molecule has 1 unspecified atom stereocenters. The van der Waals surface area contributed by atoms with Crippen LogP contribution in [0.5, 0.6) is 11.5 Å². The highest BCUT2D eigenvalue weighted by Crippen LogP contribution is 2.28. The molecular weight excluding hydrogens is 318 g/mol. The molecule has 0 bridgehead atoms. The van der Waals surface area contributed by atoms with Crippen molar-refractivity contribution >= 4 is 0 Å². The largest absolute Gasteiger partial charge is 0.493 e. The Morgan fingerprint density at radius 1 is 0.960 bits per heavy atom. The summed E-state index contributed by atoms with van der Waals surface area (Å²) in [5, 5.41) is 10.5. The van der Waals surface area contributed by atoms with Gasteiger partial charge in [0, 0.05) is 26.7 Å². The van der Waals surface area contributed by atoms with Crippen LogP contribution in [-0.4, -0.2) is 51.0 Å². The summed E-state index contributed by atoms with van der Waals surface area (Å²) in [5.74, 6) is 1.41. The standard InChI is InChI=1S/C20H27NO4/c1-23-12-11-21(15-18(22)17-7-5-4-6-8-17)14-16-9-10-19(24-2)20(13-16)25-3/h4-10,13,18,22H,11-12,14-15H2,1-3H3. The smallest absolute Gasteiger partial charge is 0.161 e. The van der Waals surface area contributed by atoms with Crippen LogP contribution in [0.15, 0.2) is 48.5 Å². The van der Waals surface area contributed by atoms with Gasteiger partial charge in [0.15, 0.2) is 11.5 Å². The van der Waals surface area contributed by atoms with Crippen molar-refractivity contribution in [2.45, 2.75) is 12.6 Å². The summed E-state index contributed by atoms with van der Waals surface area (Å²) < 4.78 is 15.9. The summed E-state index contributed by atoms with van der Waals surface area (Å²) in [6.07, 6.45) is -0.543. The second-order valence-corrected chi connectivity index (χ2v) is 5.84. The van der Waals surface area contributed by atoms with Crippen molar-refractivity contribution in [1.29, 1.82) is 0 Å². The van der Waals surface area contributed by atoms with Gasteiger partial charge in [0.25, 0.3) is 0 Å². The number of hydrogen-bond donors (Lipinski definition) is 1. The van der Waals surface area contributed by atoms with Crippen LogP contribution in [0.2, 0.25) is 0 Å². The van der Waals surface area contributed by atoms with E-state index in [-0.39, 0.29) is 0 Å². The Morgan fingerprint density at radius 2 is 1.68 bits per heavy atom. The number of rotatable bonds is 10. The molecule has 5 heteroatoms. The zero-order valence-corrected chi connectivity index (χ0v) is 15.1. The van der Waals surface area contributed by atoms with Gasteiger partial charge in [-0.2, -0.15) is 0 Å². The minimum absolute atomic E-state index is 0.529. The zero-order chi connectivity index (χ0) is 18.1. The maximum atomic E-state index is 10.5. The summed E-state index contributed by atoms with van der Waals surface area (Å²) >= 11 is 0. The Bertz CT molecular complexity index is 633. The van der Waals surface area contributed by atoms with Crippen molar-refractivity contribution in [2.24, 2.45) is 0 Å². The van der Waals surface area contributed by atoms with Crippen LogP contribution in [0.4, 0.5) is 0 Å². The van der Waals surface area contributed by atoms with Gasteiger partial charge in [0.1, 0.15) is 0 Å². The topological polar surface area (TPSA) is 51.2 Å². The lowest BCUT2D eigenvalue weighted by Gasteiger charge is -2.25. The van der Waals surface area contributed by atoms with Crippen LogP contribution in [-0.2, 0) is 11.3 Å². The molecule has 0 aliphatic rings. The van der Waals surface area contributed by atoms with Gasteiger partial charge in [-0.25, -0.2) is 0 Å². The number of methoxy groups -OCH3 is 3. The molecule has 2 rings (SSSR count). The lowest BCUT2D eigenvalue weighted by Crippen LogP contribution is -2.31. The van der Waals surface area contributed by atoms with E-state index < -0.39 is 6.10 Å². The maximum absolute atomic E-state index is 10.5. The van der Waals surface area contributed by atoms with Gasteiger partial charge in [-0.3, -0.25) is 4.90 Å². The molecule has 5 nitrogen and oxygen atoms in total. The Kier molecular flexibility index (Phi) is 7.73. The number of aliphatic hydroxyl groups excluding tert-OH is 1. The van der Waals surface area contributed by atoms with Crippen molar-refractivity contribution in [3.05, 3.63) is 59.7 Å². The van der Waals surface area contributed by atoms with Crippen molar-refractivity contribution < 1.29 is 19.3 Å². The molecule has 1 N–H and O–H groups in total. The average molecular weight is 345 g/mol. The van der Waals surface area contributed by atoms with Crippen LogP contribution in [0, 0.1) is 0 Å². The summed E-state index contributed by atoms with van der Waals surface area (Å²) in [6.45, 7) is 2.55. The monoisotopic (exact) mass is 345 g/mol. The zero-order valence-electron chi connectivity index (χ0n) is 15.1. The van der Waals surface area contributed by atoms with Gasteiger partial charge in [-0.1, -0.05) is 36.4 Å². The Hall–Kier alpha value is -2.08. The molecule has 1 atom stereocenters. The highest BCUT2D eigenvalue weighted by atomic mass is 16.5. The first kappa shape index (κ1) is 19.2. The molecule has 0 spiro atoms. The summed E-state index contributed by atoms with van der Waals surface area (Å²) in [5.41, 5.74) is 2.01. The van der Waals surface area contributed by atoms with Gasteiger partial charge < -0.3 is 19.3 Å². The lowest BCUT2D eigenvalue weighted by molar-refractivity contribution is 0.0849. The van der Waals surface area contributed by atoms with Gasteiger partial charge >= 0.3 is 0 Å². The first-order valence-corrected chi connectivity index (χ1v) is 8.33. The van der Waals surface area contributed by atoms with Crippen LogP contribution in [0.25, 0.3) is 0 Å². The van der Waals surface area contributed by atoms with Gasteiger partial charge in [-0.05, 0) is 23.3 Å². The van der Waals surface area contributed by atoms with Crippen molar-refractivity contribution in [2.75, 3.05) is 41.0 Å². The SMILES string of the molecule is COCCN(Cc1ccc(OC)c(OC)c1)CC(O)c1ccccc1. The molecule has 136 valence electrons. The normalized spacial score (nSPS) is 12.2. The Labute approximate surface area is 149 Å². The van der Waals surface area contributed by atoms with E-state index in [4.69, 9.17) is 14.2 Å². The van der Waals surface area contributed by atoms with Crippen molar-refractivity contribution in [3.63, 3.8) is 0 Å². The molecule has 0 fully saturated rings. The molecule has 2 aromatic rings. The Morgan fingerprint density at radius 3 is 2.32 bits per heavy atom. The maximum Gasteiger partial charge on any atom is 0.161 e. The molecule has 0 aliphatic heterocycles. The first-order chi connectivity index (χ1) is 12.2. The fourth-order valence-electron chi connectivity index (χ4n) is 2.72. The Balaban J connectivity index is 2.09. The number of hydrogen-bond acceptors (Lipinski definition) is 5. The van der Waals surface area contributed by atoms with Gasteiger partial charge in [-0.15, -0.1) is 0 Å². The van der Waals surface area contributed by atoms with Gasteiger partial charge in [0.05, 0.1) is 26.9 Å². The number of benzene rings is 2. The van der Waals surface area contributed by atoms with Crippen LogP contribution in [0.1, 0.15) is 17.2 Å². The van der Waals surface area contributed by atoms with E-state index in [0.29, 0.717) is 31.2 Å². The van der Waals surface area contributed by atoms with Crippen LogP contribution in [0.3, 0.4) is 0 Å². The predicted octanol–water partition coefficient (Wildman–Crippen LogP) is 2.89. The molecule has 25 heavy (non-hydrogen) atoms. The van der Waals surface area contributed by atoms with E-state index in [1.807, 2.05) is 48.5 Å². The molecule has 2 aromatic carbocycles. The van der Waals surface area contributed by atoms with Gasteiger partial charge in [0.2, 0.25) is 0 Å². The first-order valence-electron chi connectivity index (χ1n) is 8.33. The highest BCUT2D eigenvalue weighted by Gasteiger charge is 2.15. The molecule has 0 aromatic heterocycles. The van der Waals surface area contributed by atoms with E-state index in [1.54, 1.807) is 21.3 Å².